The van der Waals surface area contributed by atoms with Crippen molar-refractivity contribution in [2.24, 2.45) is 5.41 Å². The van der Waals surface area contributed by atoms with Gasteiger partial charge in [-0.3, -0.25) is 14.9 Å². The summed E-state index contributed by atoms with van der Waals surface area (Å²) in [4.78, 5) is 38.2. The Kier molecular flexibility index (Phi) is 5.27. The van der Waals surface area contributed by atoms with Crippen LogP contribution in [-0.2, 0) is 9.53 Å². The SMILES string of the molecule is CC1(C(=O)O)CCN(C(=O)c2nonc2NC(=O)OCC2c3ccccc3-c3ccccc32)C1. The van der Waals surface area contributed by atoms with Crippen LogP contribution in [0.5, 0.6) is 0 Å². The van der Waals surface area contributed by atoms with Crippen molar-refractivity contribution >= 4 is 23.8 Å². The molecule has 2 aliphatic rings. The second-order valence-corrected chi connectivity index (χ2v) is 8.75. The minimum absolute atomic E-state index is 0.0262. The van der Waals surface area contributed by atoms with Crippen molar-refractivity contribution in [3.05, 3.63) is 65.4 Å². The molecule has 0 bridgehead atoms. The summed E-state index contributed by atoms with van der Waals surface area (Å²) in [5.41, 5.74) is 3.13. The van der Waals surface area contributed by atoms with E-state index in [0.717, 1.165) is 22.3 Å². The van der Waals surface area contributed by atoms with Crippen LogP contribution >= 0.6 is 0 Å². The van der Waals surface area contributed by atoms with E-state index in [1.54, 1.807) is 6.92 Å². The number of amides is 2. The van der Waals surface area contributed by atoms with Crippen LogP contribution in [0.1, 0.15) is 40.9 Å². The van der Waals surface area contributed by atoms with Crippen molar-refractivity contribution in [2.45, 2.75) is 19.3 Å². The summed E-state index contributed by atoms with van der Waals surface area (Å²) in [7, 11) is 0. The Bertz CT molecular complexity index is 1240. The van der Waals surface area contributed by atoms with Crippen LogP contribution < -0.4 is 5.32 Å². The molecule has 2 aromatic carbocycles. The first-order chi connectivity index (χ1) is 16.4. The molecule has 1 atom stereocenters. The molecule has 10 nitrogen and oxygen atoms in total. The Morgan fingerprint density at radius 2 is 1.76 bits per heavy atom. The predicted molar refractivity (Wildman–Crippen MR) is 119 cm³/mol. The fourth-order valence-electron chi connectivity index (χ4n) is 4.60. The molecular weight excluding hydrogens is 440 g/mol. The standard InChI is InChI=1S/C24H22N4O6/c1-24(22(30)31)10-11-28(13-24)21(29)19-20(27-34-26-19)25-23(32)33-12-18-16-8-4-2-6-14(16)15-7-3-5-9-17(15)18/h2-9,18H,10-13H2,1H3,(H,30,31)(H,25,27,32). The van der Waals surface area contributed by atoms with Gasteiger partial charge in [0.25, 0.3) is 5.91 Å². The van der Waals surface area contributed by atoms with E-state index in [1.807, 2.05) is 48.5 Å². The Morgan fingerprint density at radius 3 is 2.38 bits per heavy atom. The fourth-order valence-corrected chi connectivity index (χ4v) is 4.60. The second kappa shape index (κ2) is 8.29. The number of rotatable bonds is 5. The lowest BCUT2D eigenvalue weighted by atomic mass is 9.90. The predicted octanol–water partition coefficient (Wildman–Crippen LogP) is 3.37. The minimum Gasteiger partial charge on any atom is -0.481 e. The van der Waals surface area contributed by atoms with E-state index in [4.69, 9.17) is 4.74 Å². The summed E-state index contributed by atoms with van der Waals surface area (Å²) in [5, 5.41) is 19.0. The van der Waals surface area contributed by atoms with Crippen molar-refractivity contribution in [2.75, 3.05) is 25.0 Å². The van der Waals surface area contributed by atoms with Gasteiger partial charge in [0.05, 0.1) is 5.41 Å². The highest BCUT2D eigenvalue weighted by atomic mass is 16.6. The van der Waals surface area contributed by atoms with Gasteiger partial charge in [-0.25, -0.2) is 9.42 Å². The van der Waals surface area contributed by atoms with E-state index < -0.39 is 23.4 Å². The number of likely N-dealkylation sites (tertiary alicyclic amines) is 1. The summed E-state index contributed by atoms with van der Waals surface area (Å²) in [6.07, 6.45) is -0.488. The Hall–Kier alpha value is -4.21. The minimum atomic E-state index is -1.03. The molecule has 2 heterocycles. The molecular formula is C24H22N4O6. The topological polar surface area (TPSA) is 135 Å². The van der Waals surface area contributed by atoms with Crippen molar-refractivity contribution < 1.29 is 28.9 Å². The van der Waals surface area contributed by atoms with Gasteiger partial charge < -0.3 is 14.7 Å². The first-order valence-electron chi connectivity index (χ1n) is 10.8. The number of benzene rings is 2. The highest BCUT2D eigenvalue weighted by Crippen LogP contribution is 2.44. The molecule has 1 aliphatic heterocycles. The molecule has 1 saturated heterocycles. The van der Waals surface area contributed by atoms with E-state index in [0.29, 0.717) is 6.42 Å². The van der Waals surface area contributed by atoms with Crippen LogP contribution in [0.4, 0.5) is 10.6 Å². The molecule has 3 aromatic rings. The maximum absolute atomic E-state index is 12.8. The van der Waals surface area contributed by atoms with E-state index in [-0.39, 0.29) is 37.1 Å². The lowest BCUT2D eigenvalue weighted by molar-refractivity contribution is -0.147. The van der Waals surface area contributed by atoms with Crippen LogP contribution in [0.3, 0.4) is 0 Å². The van der Waals surface area contributed by atoms with Gasteiger partial charge in [-0.05, 0) is 45.9 Å². The van der Waals surface area contributed by atoms with E-state index in [1.165, 1.54) is 4.90 Å². The highest BCUT2D eigenvalue weighted by molar-refractivity contribution is 6.00. The molecule has 2 N–H and O–H groups in total. The largest absolute Gasteiger partial charge is 0.481 e. The van der Waals surface area contributed by atoms with Crippen molar-refractivity contribution in [1.82, 2.24) is 15.2 Å². The number of carbonyl (C=O) groups excluding carboxylic acids is 2. The van der Waals surface area contributed by atoms with Crippen LogP contribution in [0, 0.1) is 5.41 Å². The molecule has 1 fully saturated rings. The molecule has 0 radical (unpaired) electrons. The van der Waals surface area contributed by atoms with Gasteiger partial charge in [-0.1, -0.05) is 48.5 Å². The molecule has 1 aliphatic carbocycles. The van der Waals surface area contributed by atoms with Crippen LogP contribution in [0.15, 0.2) is 53.2 Å². The number of fused-ring (bicyclic) bond motifs is 3. The first kappa shape index (κ1) is 21.6. The quantitative estimate of drug-likeness (QED) is 0.589. The number of hydrogen-bond donors (Lipinski definition) is 2. The van der Waals surface area contributed by atoms with Gasteiger partial charge in [0.2, 0.25) is 11.5 Å². The van der Waals surface area contributed by atoms with Gasteiger partial charge in [-0.15, -0.1) is 0 Å². The molecule has 5 rings (SSSR count). The number of aromatic nitrogens is 2. The molecule has 1 aromatic heterocycles. The van der Waals surface area contributed by atoms with Crippen molar-refractivity contribution in [1.29, 1.82) is 0 Å². The average molecular weight is 462 g/mol. The number of nitrogens with one attached hydrogen (secondary N) is 1. The molecule has 174 valence electrons. The third-order valence-electron chi connectivity index (χ3n) is 6.53. The normalized spacial score (nSPS) is 18.9. The number of nitrogens with zero attached hydrogens (tertiary/aromatic N) is 3. The number of aliphatic carboxylic acids is 1. The molecule has 10 heteroatoms. The number of carboxylic acid groups (broad SMARTS) is 1. The number of carbonyl (C=O) groups is 3. The molecule has 1 unspecified atom stereocenters. The molecule has 34 heavy (non-hydrogen) atoms. The maximum Gasteiger partial charge on any atom is 0.412 e. The zero-order chi connectivity index (χ0) is 23.9. The first-order valence-corrected chi connectivity index (χ1v) is 10.8. The lowest BCUT2D eigenvalue weighted by Gasteiger charge is -2.19. The zero-order valence-electron chi connectivity index (χ0n) is 18.4. The van der Waals surface area contributed by atoms with Crippen molar-refractivity contribution in [3.8, 4) is 11.1 Å². The van der Waals surface area contributed by atoms with Crippen molar-refractivity contribution in [3.63, 3.8) is 0 Å². The third kappa shape index (κ3) is 3.66. The van der Waals surface area contributed by atoms with Gasteiger partial charge in [-0.2, -0.15) is 0 Å². The summed E-state index contributed by atoms with van der Waals surface area (Å²) < 4.78 is 10.1. The Morgan fingerprint density at radius 1 is 1.12 bits per heavy atom. The van der Waals surface area contributed by atoms with Gasteiger partial charge >= 0.3 is 12.1 Å². The summed E-state index contributed by atoms with van der Waals surface area (Å²) >= 11 is 0. The number of carboxylic acids is 1. The summed E-state index contributed by atoms with van der Waals surface area (Å²) in [6, 6.07) is 16.0. The highest BCUT2D eigenvalue weighted by Gasteiger charge is 2.43. The Balaban J connectivity index is 1.25. The number of anilines is 1. The van der Waals surface area contributed by atoms with E-state index in [2.05, 4.69) is 20.3 Å². The summed E-state index contributed by atoms with van der Waals surface area (Å²) in [5.74, 6) is -1.84. The zero-order valence-corrected chi connectivity index (χ0v) is 18.4. The molecule has 0 saturated carbocycles. The van der Waals surface area contributed by atoms with E-state index >= 15 is 0 Å². The third-order valence-corrected chi connectivity index (χ3v) is 6.53. The van der Waals surface area contributed by atoms with Gasteiger partial charge in [0.1, 0.15) is 6.61 Å². The summed E-state index contributed by atoms with van der Waals surface area (Å²) in [6.45, 7) is 1.95. The average Bonchev–Trinajstić information content (AvgIpc) is 3.54. The fraction of sp³-hybridized carbons (Fsp3) is 0.292. The van der Waals surface area contributed by atoms with Crippen LogP contribution in [-0.4, -0.2) is 58.0 Å². The molecule has 0 spiro atoms. The van der Waals surface area contributed by atoms with E-state index in [9.17, 15) is 19.5 Å². The maximum atomic E-state index is 12.8. The van der Waals surface area contributed by atoms with Crippen LogP contribution in [0.2, 0.25) is 0 Å². The number of ether oxygens (including phenoxy) is 1. The van der Waals surface area contributed by atoms with Gasteiger partial charge in [0.15, 0.2) is 0 Å². The molecule has 2 amide bonds. The number of hydrogen-bond acceptors (Lipinski definition) is 7. The Labute approximate surface area is 194 Å². The van der Waals surface area contributed by atoms with Crippen LogP contribution in [0.25, 0.3) is 11.1 Å². The monoisotopic (exact) mass is 462 g/mol. The van der Waals surface area contributed by atoms with Gasteiger partial charge in [0, 0.05) is 19.0 Å². The smallest absolute Gasteiger partial charge is 0.412 e. The second-order valence-electron chi connectivity index (χ2n) is 8.75. The lowest BCUT2D eigenvalue weighted by Crippen LogP contribution is -2.35.